The number of hydrogen-bond acceptors (Lipinski definition) is 4. The molecule has 0 radical (unpaired) electrons. The molecule has 0 saturated carbocycles. The van der Waals surface area contributed by atoms with E-state index in [2.05, 4.69) is 22.4 Å². The summed E-state index contributed by atoms with van der Waals surface area (Å²) in [7, 11) is 0. The van der Waals surface area contributed by atoms with Crippen LogP contribution < -0.4 is 5.32 Å². The highest BCUT2D eigenvalue weighted by Crippen LogP contribution is 2.14. The lowest BCUT2D eigenvalue weighted by molar-refractivity contribution is 0.0614. The molecule has 0 aliphatic carbocycles. The van der Waals surface area contributed by atoms with Gasteiger partial charge in [0.2, 0.25) is 0 Å². The predicted octanol–water partition coefficient (Wildman–Crippen LogP) is 0.917. The highest BCUT2D eigenvalue weighted by molar-refractivity contribution is 5.95. The fraction of sp³-hybridized carbons (Fsp3) is 0.615. The fourth-order valence-electron chi connectivity index (χ4n) is 2.11. The monoisotopic (exact) mass is 248 g/mol. The van der Waals surface area contributed by atoms with Crippen molar-refractivity contribution in [2.45, 2.75) is 33.2 Å². The minimum absolute atomic E-state index is 0.0823. The Bertz CT molecular complexity index is 443. The van der Waals surface area contributed by atoms with E-state index in [1.54, 1.807) is 0 Å². The number of aromatic nitrogens is 2. The smallest absolute Gasteiger partial charge is 0.256 e. The SMILES string of the molecule is CCCN(C(=O)c1cc(C)nnc1C)C1CNC1. The van der Waals surface area contributed by atoms with Gasteiger partial charge in [0.25, 0.3) is 5.91 Å². The summed E-state index contributed by atoms with van der Waals surface area (Å²) in [5.41, 5.74) is 2.17. The first-order valence-electron chi connectivity index (χ1n) is 6.46. The zero-order chi connectivity index (χ0) is 13.1. The molecule has 1 aromatic rings. The molecule has 2 heterocycles. The summed E-state index contributed by atoms with van der Waals surface area (Å²) in [4.78, 5) is 14.5. The van der Waals surface area contributed by atoms with Gasteiger partial charge in [0.1, 0.15) is 0 Å². The lowest BCUT2D eigenvalue weighted by atomic mass is 10.1. The molecule has 1 saturated heterocycles. The summed E-state index contributed by atoms with van der Waals surface area (Å²) in [5.74, 6) is 0.0823. The molecule has 0 bridgehead atoms. The molecule has 1 fully saturated rings. The van der Waals surface area contributed by atoms with E-state index in [1.807, 2.05) is 24.8 Å². The second-order valence-electron chi connectivity index (χ2n) is 4.80. The quantitative estimate of drug-likeness (QED) is 0.860. The van der Waals surface area contributed by atoms with Gasteiger partial charge in [0, 0.05) is 19.6 Å². The van der Waals surface area contributed by atoms with Crippen LogP contribution in [0.15, 0.2) is 6.07 Å². The van der Waals surface area contributed by atoms with Gasteiger partial charge in [-0.05, 0) is 26.3 Å². The van der Waals surface area contributed by atoms with Crippen LogP contribution in [0.2, 0.25) is 0 Å². The maximum atomic E-state index is 12.6. The third-order valence-electron chi connectivity index (χ3n) is 3.26. The van der Waals surface area contributed by atoms with Gasteiger partial charge >= 0.3 is 0 Å². The van der Waals surface area contributed by atoms with E-state index in [0.29, 0.717) is 17.3 Å². The molecule has 0 aromatic carbocycles. The molecule has 18 heavy (non-hydrogen) atoms. The summed E-state index contributed by atoms with van der Waals surface area (Å²) in [6.45, 7) is 8.37. The Balaban J connectivity index is 2.23. The van der Waals surface area contributed by atoms with E-state index >= 15 is 0 Å². The van der Waals surface area contributed by atoms with Crippen molar-refractivity contribution in [3.8, 4) is 0 Å². The molecule has 1 aliphatic heterocycles. The Morgan fingerprint density at radius 3 is 2.72 bits per heavy atom. The van der Waals surface area contributed by atoms with E-state index in [-0.39, 0.29) is 5.91 Å². The van der Waals surface area contributed by atoms with E-state index < -0.39 is 0 Å². The third kappa shape index (κ3) is 2.51. The molecule has 1 amide bonds. The first-order valence-corrected chi connectivity index (χ1v) is 6.46. The van der Waals surface area contributed by atoms with Crippen molar-refractivity contribution in [2.75, 3.05) is 19.6 Å². The number of nitrogens with one attached hydrogen (secondary N) is 1. The Morgan fingerprint density at radius 1 is 1.44 bits per heavy atom. The number of hydrogen-bond donors (Lipinski definition) is 1. The first-order chi connectivity index (χ1) is 8.63. The molecule has 2 rings (SSSR count). The number of aryl methyl sites for hydroxylation is 2. The zero-order valence-electron chi connectivity index (χ0n) is 11.2. The van der Waals surface area contributed by atoms with Crippen molar-refractivity contribution in [3.05, 3.63) is 23.0 Å². The zero-order valence-corrected chi connectivity index (χ0v) is 11.2. The average Bonchev–Trinajstić information content (AvgIpc) is 2.28. The topological polar surface area (TPSA) is 58.1 Å². The van der Waals surface area contributed by atoms with Gasteiger partial charge in [-0.3, -0.25) is 4.79 Å². The van der Waals surface area contributed by atoms with Crippen LogP contribution in [0.5, 0.6) is 0 Å². The molecule has 1 N–H and O–H groups in total. The molecule has 1 aliphatic rings. The Labute approximate surface area is 108 Å². The van der Waals surface area contributed by atoms with Crippen LogP contribution in [0.4, 0.5) is 0 Å². The van der Waals surface area contributed by atoms with Crippen LogP contribution in [0, 0.1) is 13.8 Å². The minimum atomic E-state index is 0.0823. The van der Waals surface area contributed by atoms with Crippen molar-refractivity contribution in [1.82, 2.24) is 20.4 Å². The predicted molar refractivity (Wildman–Crippen MR) is 69.5 cm³/mol. The van der Waals surface area contributed by atoms with Crippen LogP contribution in [-0.2, 0) is 0 Å². The Hall–Kier alpha value is -1.49. The summed E-state index contributed by atoms with van der Waals surface area (Å²) < 4.78 is 0. The molecular formula is C13H20N4O. The highest BCUT2D eigenvalue weighted by Gasteiger charge is 2.29. The van der Waals surface area contributed by atoms with Crippen LogP contribution >= 0.6 is 0 Å². The van der Waals surface area contributed by atoms with Gasteiger partial charge in [-0.1, -0.05) is 6.92 Å². The van der Waals surface area contributed by atoms with Gasteiger partial charge < -0.3 is 10.2 Å². The Morgan fingerprint density at radius 2 is 2.17 bits per heavy atom. The number of rotatable bonds is 4. The average molecular weight is 248 g/mol. The van der Waals surface area contributed by atoms with Gasteiger partial charge in [0.05, 0.1) is 23.0 Å². The van der Waals surface area contributed by atoms with E-state index in [9.17, 15) is 4.79 Å². The van der Waals surface area contributed by atoms with Crippen LogP contribution in [0.1, 0.15) is 35.1 Å². The second-order valence-corrected chi connectivity index (χ2v) is 4.80. The summed E-state index contributed by atoms with van der Waals surface area (Å²) >= 11 is 0. The molecule has 0 spiro atoms. The molecule has 5 heteroatoms. The van der Waals surface area contributed by atoms with Crippen molar-refractivity contribution < 1.29 is 4.79 Å². The fourth-order valence-corrected chi connectivity index (χ4v) is 2.11. The molecule has 5 nitrogen and oxygen atoms in total. The normalized spacial score (nSPS) is 15.3. The van der Waals surface area contributed by atoms with E-state index in [1.165, 1.54) is 0 Å². The summed E-state index contributed by atoms with van der Waals surface area (Å²) in [6.07, 6.45) is 0.971. The van der Waals surface area contributed by atoms with Crippen LogP contribution in [0.3, 0.4) is 0 Å². The Kier molecular flexibility index (Phi) is 3.91. The van der Waals surface area contributed by atoms with E-state index in [0.717, 1.165) is 31.7 Å². The van der Waals surface area contributed by atoms with Crippen molar-refractivity contribution in [2.24, 2.45) is 0 Å². The van der Waals surface area contributed by atoms with Gasteiger partial charge in [-0.15, -0.1) is 0 Å². The van der Waals surface area contributed by atoms with Crippen molar-refractivity contribution in [3.63, 3.8) is 0 Å². The number of carbonyl (C=O) groups excluding carboxylic acids is 1. The third-order valence-corrected chi connectivity index (χ3v) is 3.26. The number of nitrogens with zero attached hydrogens (tertiary/aromatic N) is 3. The largest absolute Gasteiger partial charge is 0.333 e. The molecule has 0 unspecified atom stereocenters. The van der Waals surface area contributed by atoms with Crippen LogP contribution in [-0.4, -0.2) is 46.7 Å². The van der Waals surface area contributed by atoms with Crippen molar-refractivity contribution >= 4 is 5.91 Å². The van der Waals surface area contributed by atoms with Gasteiger partial charge in [-0.2, -0.15) is 10.2 Å². The molecular weight excluding hydrogens is 228 g/mol. The standard InChI is InChI=1S/C13H20N4O/c1-4-5-17(11-7-14-8-11)13(18)12-6-9(2)15-16-10(12)3/h6,11,14H,4-5,7-8H2,1-3H3. The van der Waals surface area contributed by atoms with Crippen molar-refractivity contribution in [1.29, 1.82) is 0 Å². The molecule has 98 valence electrons. The molecule has 0 atom stereocenters. The van der Waals surface area contributed by atoms with E-state index in [4.69, 9.17) is 0 Å². The number of carbonyl (C=O) groups is 1. The van der Waals surface area contributed by atoms with Gasteiger partial charge in [0.15, 0.2) is 0 Å². The lowest BCUT2D eigenvalue weighted by Gasteiger charge is -2.38. The number of amides is 1. The molecule has 1 aromatic heterocycles. The second kappa shape index (κ2) is 5.44. The first kappa shape index (κ1) is 13.0. The summed E-state index contributed by atoms with van der Waals surface area (Å²) in [6, 6.07) is 2.16. The lowest BCUT2D eigenvalue weighted by Crippen LogP contribution is -2.59. The summed E-state index contributed by atoms with van der Waals surface area (Å²) in [5, 5.41) is 11.2. The minimum Gasteiger partial charge on any atom is -0.333 e. The maximum Gasteiger partial charge on any atom is 0.256 e. The van der Waals surface area contributed by atoms with Crippen LogP contribution in [0.25, 0.3) is 0 Å². The maximum absolute atomic E-state index is 12.6. The highest BCUT2D eigenvalue weighted by atomic mass is 16.2. The van der Waals surface area contributed by atoms with Gasteiger partial charge in [-0.25, -0.2) is 0 Å².